The summed E-state index contributed by atoms with van der Waals surface area (Å²) in [5, 5.41) is 2.97. The van der Waals surface area contributed by atoms with E-state index in [-0.39, 0.29) is 11.9 Å². The van der Waals surface area contributed by atoms with E-state index in [1.54, 1.807) is 14.0 Å². The summed E-state index contributed by atoms with van der Waals surface area (Å²) in [5.74, 6) is 0.658. The van der Waals surface area contributed by atoms with Gasteiger partial charge in [-0.3, -0.25) is 4.79 Å². The molecule has 1 amide bonds. The summed E-state index contributed by atoms with van der Waals surface area (Å²) in [6.45, 7) is 4.08. The first kappa shape index (κ1) is 17.0. The first-order valence-corrected chi connectivity index (χ1v) is 7.70. The van der Waals surface area contributed by atoms with Gasteiger partial charge in [0.05, 0.1) is 19.8 Å². The maximum Gasteiger partial charge on any atom is 0.249 e. The van der Waals surface area contributed by atoms with Gasteiger partial charge in [0.2, 0.25) is 5.91 Å². The van der Waals surface area contributed by atoms with Crippen LogP contribution in [-0.4, -0.2) is 19.1 Å². The molecule has 0 radical (unpaired) electrons. The number of hydrogen-bond acceptors (Lipinski definition) is 3. The van der Waals surface area contributed by atoms with Crippen LogP contribution in [0.2, 0.25) is 0 Å². The normalized spacial score (nSPS) is 13.2. The summed E-state index contributed by atoms with van der Waals surface area (Å²) in [7, 11) is 1.63. The lowest BCUT2D eigenvalue weighted by Crippen LogP contribution is -2.36. The van der Waals surface area contributed by atoms with Crippen LogP contribution in [0.1, 0.15) is 31.0 Å². The van der Waals surface area contributed by atoms with Crippen molar-refractivity contribution < 1.29 is 14.3 Å². The molecule has 23 heavy (non-hydrogen) atoms. The number of carbonyl (C=O) groups is 1. The summed E-state index contributed by atoms with van der Waals surface area (Å²) >= 11 is 0. The molecule has 2 rings (SSSR count). The zero-order chi connectivity index (χ0) is 16.7. The molecule has 0 fully saturated rings. The van der Waals surface area contributed by atoms with E-state index >= 15 is 0 Å². The Hall–Kier alpha value is -2.33. The van der Waals surface area contributed by atoms with Crippen LogP contribution < -0.4 is 10.1 Å². The summed E-state index contributed by atoms with van der Waals surface area (Å²) in [6.07, 6.45) is -0.521. The molecule has 0 saturated carbocycles. The summed E-state index contributed by atoms with van der Waals surface area (Å²) in [6, 6.07) is 17.4. The van der Waals surface area contributed by atoms with Gasteiger partial charge in [-0.25, -0.2) is 0 Å². The zero-order valence-corrected chi connectivity index (χ0v) is 13.8. The number of hydrogen-bond donors (Lipinski definition) is 1. The summed E-state index contributed by atoms with van der Waals surface area (Å²) in [5.41, 5.74) is 2.04. The fraction of sp³-hybridized carbons (Fsp3) is 0.316. The maximum absolute atomic E-state index is 12.2. The standard InChI is InChI=1S/C19H23NO3/c1-14(17-9-5-4-6-10-17)20-19(21)15(2)23-13-16-8-7-11-18(12-16)22-3/h4-12,14-15H,13H2,1-3H3,(H,20,21)/t14-,15+/m0/s1. The maximum atomic E-state index is 12.2. The topological polar surface area (TPSA) is 47.6 Å². The second kappa shape index (κ2) is 8.34. The van der Waals surface area contributed by atoms with Crippen LogP contribution in [0, 0.1) is 0 Å². The third-order valence-corrected chi connectivity index (χ3v) is 3.66. The van der Waals surface area contributed by atoms with Crippen molar-refractivity contribution in [2.75, 3.05) is 7.11 Å². The first-order valence-electron chi connectivity index (χ1n) is 7.70. The van der Waals surface area contributed by atoms with Crippen LogP contribution in [0.25, 0.3) is 0 Å². The Morgan fingerprint density at radius 2 is 1.83 bits per heavy atom. The highest BCUT2D eigenvalue weighted by atomic mass is 16.5. The number of ether oxygens (including phenoxy) is 2. The first-order chi connectivity index (χ1) is 11.1. The van der Waals surface area contributed by atoms with E-state index in [4.69, 9.17) is 9.47 Å². The third kappa shape index (κ3) is 5.11. The molecule has 0 unspecified atom stereocenters. The molecule has 122 valence electrons. The molecule has 0 heterocycles. The highest BCUT2D eigenvalue weighted by molar-refractivity contribution is 5.80. The fourth-order valence-electron chi connectivity index (χ4n) is 2.21. The predicted molar refractivity (Wildman–Crippen MR) is 90.2 cm³/mol. The Bertz CT molecular complexity index is 628. The zero-order valence-electron chi connectivity index (χ0n) is 13.8. The highest BCUT2D eigenvalue weighted by Gasteiger charge is 2.16. The van der Waals surface area contributed by atoms with Gasteiger partial charge < -0.3 is 14.8 Å². The van der Waals surface area contributed by atoms with Crippen LogP contribution in [0.5, 0.6) is 5.75 Å². The van der Waals surface area contributed by atoms with E-state index in [9.17, 15) is 4.79 Å². The SMILES string of the molecule is COc1cccc(CO[C@H](C)C(=O)N[C@@H](C)c2ccccc2)c1. The number of carbonyl (C=O) groups excluding carboxylic acids is 1. The lowest BCUT2D eigenvalue weighted by Gasteiger charge is -2.18. The van der Waals surface area contributed by atoms with Gasteiger partial charge in [0, 0.05) is 0 Å². The van der Waals surface area contributed by atoms with Crippen LogP contribution >= 0.6 is 0 Å². The minimum Gasteiger partial charge on any atom is -0.497 e. The van der Waals surface area contributed by atoms with Crippen LogP contribution in [0.15, 0.2) is 54.6 Å². The third-order valence-electron chi connectivity index (χ3n) is 3.66. The van der Waals surface area contributed by atoms with Gasteiger partial charge >= 0.3 is 0 Å². The molecule has 0 aliphatic heterocycles. The Morgan fingerprint density at radius 1 is 1.09 bits per heavy atom. The molecule has 4 nitrogen and oxygen atoms in total. The molecule has 0 aliphatic carbocycles. The molecule has 0 bridgehead atoms. The summed E-state index contributed by atoms with van der Waals surface area (Å²) < 4.78 is 10.8. The van der Waals surface area contributed by atoms with Gasteiger partial charge in [0.15, 0.2) is 0 Å². The van der Waals surface area contributed by atoms with Gasteiger partial charge in [-0.2, -0.15) is 0 Å². The van der Waals surface area contributed by atoms with Gasteiger partial charge in [-0.05, 0) is 37.1 Å². The Balaban J connectivity index is 1.85. The quantitative estimate of drug-likeness (QED) is 0.851. The lowest BCUT2D eigenvalue weighted by atomic mass is 10.1. The lowest BCUT2D eigenvalue weighted by molar-refractivity contribution is -0.133. The Morgan fingerprint density at radius 3 is 2.52 bits per heavy atom. The molecule has 0 aliphatic rings. The molecular formula is C19H23NO3. The van der Waals surface area contributed by atoms with Crippen molar-refractivity contribution in [3.05, 3.63) is 65.7 Å². The Kier molecular flexibility index (Phi) is 6.18. The van der Waals surface area contributed by atoms with Crippen molar-refractivity contribution in [1.29, 1.82) is 0 Å². The molecular weight excluding hydrogens is 290 g/mol. The van der Waals surface area contributed by atoms with E-state index < -0.39 is 6.10 Å². The average Bonchev–Trinajstić information content (AvgIpc) is 2.60. The molecule has 4 heteroatoms. The van der Waals surface area contributed by atoms with Gasteiger partial charge in [-0.1, -0.05) is 42.5 Å². The van der Waals surface area contributed by atoms with E-state index in [2.05, 4.69) is 5.32 Å². The predicted octanol–water partition coefficient (Wildman–Crippen LogP) is 3.48. The highest BCUT2D eigenvalue weighted by Crippen LogP contribution is 2.15. The molecule has 1 N–H and O–H groups in total. The second-order valence-corrected chi connectivity index (χ2v) is 5.45. The Labute approximate surface area is 137 Å². The minimum absolute atomic E-state index is 0.0495. The van der Waals surface area contributed by atoms with E-state index in [0.29, 0.717) is 6.61 Å². The van der Waals surface area contributed by atoms with E-state index in [0.717, 1.165) is 16.9 Å². The molecule has 2 aromatic rings. The largest absolute Gasteiger partial charge is 0.497 e. The number of methoxy groups -OCH3 is 1. The van der Waals surface area contributed by atoms with Crippen molar-refractivity contribution in [1.82, 2.24) is 5.32 Å². The molecule has 0 spiro atoms. The van der Waals surface area contributed by atoms with Gasteiger partial charge in [0.25, 0.3) is 0 Å². The smallest absolute Gasteiger partial charge is 0.249 e. The number of nitrogens with one attached hydrogen (secondary N) is 1. The molecule has 0 saturated heterocycles. The fourth-order valence-corrected chi connectivity index (χ4v) is 2.21. The van der Waals surface area contributed by atoms with Crippen molar-refractivity contribution in [2.45, 2.75) is 32.6 Å². The van der Waals surface area contributed by atoms with Crippen molar-refractivity contribution in [2.24, 2.45) is 0 Å². The number of benzene rings is 2. The van der Waals surface area contributed by atoms with Crippen LogP contribution in [0.3, 0.4) is 0 Å². The van der Waals surface area contributed by atoms with E-state index in [1.807, 2.05) is 61.5 Å². The number of amides is 1. The van der Waals surface area contributed by atoms with Gasteiger partial charge in [0.1, 0.15) is 11.9 Å². The van der Waals surface area contributed by atoms with Crippen LogP contribution in [-0.2, 0) is 16.1 Å². The van der Waals surface area contributed by atoms with Crippen LogP contribution in [0.4, 0.5) is 0 Å². The molecule has 2 atom stereocenters. The number of rotatable bonds is 7. The van der Waals surface area contributed by atoms with E-state index in [1.165, 1.54) is 0 Å². The summed E-state index contributed by atoms with van der Waals surface area (Å²) in [4.78, 5) is 12.2. The minimum atomic E-state index is -0.521. The van der Waals surface area contributed by atoms with Crippen molar-refractivity contribution in [3.8, 4) is 5.75 Å². The second-order valence-electron chi connectivity index (χ2n) is 5.45. The van der Waals surface area contributed by atoms with Crippen molar-refractivity contribution in [3.63, 3.8) is 0 Å². The average molecular weight is 313 g/mol. The molecule has 2 aromatic carbocycles. The molecule has 0 aromatic heterocycles. The van der Waals surface area contributed by atoms with Gasteiger partial charge in [-0.15, -0.1) is 0 Å². The monoisotopic (exact) mass is 313 g/mol. The van der Waals surface area contributed by atoms with Crippen molar-refractivity contribution >= 4 is 5.91 Å².